The Bertz CT molecular complexity index is 782. The number of nitrogens with zero attached hydrogens (tertiary/aromatic N) is 1. The highest BCUT2D eigenvalue weighted by Gasteiger charge is 2.16. The average molecular weight is 319 g/mol. The van der Waals surface area contributed by atoms with Crippen LogP contribution in [0.1, 0.15) is 16.2 Å². The van der Waals surface area contributed by atoms with Gasteiger partial charge in [0.15, 0.2) is 0 Å². The maximum Gasteiger partial charge on any atom is 0.268 e. The lowest BCUT2D eigenvalue weighted by molar-refractivity contribution is 0.0912. The highest BCUT2D eigenvalue weighted by atomic mass is 35.5. The number of aromatic amines is 2. The van der Waals surface area contributed by atoms with Gasteiger partial charge < -0.3 is 20.4 Å². The number of halogens is 1. The zero-order valence-corrected chi connectivity index (χ0v) is 12.4. The molecule has 0 aliphatic rings. The third-order valence-corrected chi connectivity index (χ3v) is 3.64. The number of aliphatic hydroxyl groups excluding tert-OH is 1. The van der Waals surface area contributed by atoms with Crippen molar-refractivity contribution in [3.63, 3.8) is 0 Å². The summed E-state index contributed by atoms with van der Waals surface area (Å²) in [5.74, 6) is -0.272. The van der Waals surface area contributed by atoms with Gasteiger partial charge in [0.2, 0.25) is 0 Å². The number of aliphatic hydroxyl groups is 1. The number of hydrogen-bond acceptors (Lipinski definition) is 3. The van der Waals surface area contributed by atoms with Crippen LogP contribution in [0.3, 0.4) is 0 Å². The molecule has 0 spiro atoms. The van der Waals surface area contributed by atoms with Gasteiger partial charge in [0.05, 0.1) is 19.0 Å². The Morgan fingerprint density at radius 2 is 2.27 bits per heavy atom. The van der Waals surface area contributed by atoms with E-state index < -0.39 is 0 Å². The third-order valence-electron chi connectivity index (χ3n) is 3.41. The van der Waals surface area contributed by atoms with Gasteiger partial charge in [-0.15, -0.1) is 0 Å². The van der Waals surface area contributed by atoms with Gasteiger partial charge in [-0.25, -0.2) is 4.98 Å². The molecule has 22 heavy (non-hydrogen) atoms. The van der Waals surface area contributed by atoms with Crippen LogP contribution in [0.25, 0.3) is 10.9 Å². The Labute approximate surface area is 131 Å². The Hall–Kier alpha value is -2.31. The van der Waals surface area contributed by atoms with E-state index in [4.69, 9.17) is 11.6 Å². The number of amides is 1. The first-order valence-electron chi connectivity index (χ1n) is 6.83. The molecule has 6 nitrogen and oxygen atoms in total. The van der Waals surface area contributed by atoms with Crippen LogP contribution >= 0.6 is 11.6 Å². The Kier molecular flexibility index (Phi) is 4.13. The standard InChI is InChI=1S/C15H15ClN4O2/c16-10-2-1-9-3-14(20-13(9)4-10)15(22)19-12(7-21)5-11-6-17-8-18-11/h1-4,6,8,12,20-21H,5,7H2,(H,17,18)(H,19,22)/t12-/m0/s1. The molecule has 1 atom stereocenters. The van der Waals surface area contributed by atoms with E-state index in [2.05, 4.69) is 20.3 Å². The monoisotopic (exact) mass is 318 g/mol. The zero-order chi connectivity index (χ0) is 15.5. The van der Waals surface area contributed by atoms with Gasteiger partial charge in [-0.05, 0) is 18.2 Å². The van der Waals surface area contributed by atoms with Crippen LogP contribution in [0, 0.1) is 0 Å². The number of benzene rings is 1. The summed E-state index contributed by atoms with van der Waals surface area (Å²) in [5.41, 5.74) is 2.08. The van der Waals surface area contributed by atoms with Crippen LogP contribution < -0.4 is 5.32 Å². The third kappa shape index (κ3) is 3.13. The molecule has 4 N–H and O–H groups in total. The van der Waals surface area contributed by atoms with E-state index in [0.29, 0.717) is 17.1 Å². The van der Waals surface area contributed by atoms with Crippen LogP contribution in [0.5, 0.6) is 0 Å². The topological polar surface area (TPSA) is 93.8 Å². The fraction of sp³-hybridized carbons (Fsp3) is 0.200. The number of hydrogen-bond donors (Lipinski definition) is 4. The quantitative estimate of drug-likeness (QED) is 0.578. The largest absolute Gasteiger partial charge is 0.394 e. The summed E-state index contributed by atoms with van der Waals surface area (Å²) in [6, 6.07) is 6.75. The molecule has 1 amide bonds. The van der Waals surface area contributed by atoms with E-state index in [1.165, 1.54) is 0 Å². The number of rotatable bonds is 5. The first-order chi connectivity index (χ1) is 10.7. The van der Waals surface area contributed by atoms with E-state index >= 15 is 0 Å². The molecule has 0 unspecified atom stereocenters. The van der Waals surface area contributed by atoms with E-state index in [9.17, 15) is 9.90 Å². The summed E-state index contributed by atoms with van der Waals surface area (Å²) in [4.78, 5) is 22.2. The molecule has 0 aliphatic heterocycles. The number of carbonyl (C=O) groups excluding carboxylic acids is 1. The smallest absolute Gasteiger partial charge is 0.268 e. The summed E-state index contributed by atoms with van der Waals surface area (Å²) >= 11 is 5.93. The van der Waals surface area contributed by atoms with E-state index in [0.717, 1.165) is 16.6 Å². The molecule has 1 aromatic carbocycles. The van der Waals surface area contributed by atoms with E-state index in [-0.39, 0.29) is 18.6 Å². The van der Waals surface area contributed by atoms with Gasteiger partial charge in [0.25, 0.3) is 5.91 Å². The summed E-state index contributed by atoms with van der Waals surface area (Å²) in [6.45, 7) is -0.156. The molecular formula is C15H15ClN4O2. The van der Waals surface area contributed by atoms with Crippen molar-refractivity contribution in [1.29, 1.82) is 0 Å². The number of nitrogens with one attached hydrogen (secondary N) is 3. The predicted octanol–water partition coefficient (Wildman–Crippen LogP) is 1.88. The highest BCUT2D eigenvalue weighted by molar-refractivity contribution is 6.31. The maximum atomic E-state index is 12.3. The SMILES string of the molecule is O=C(N[C@H](CO)Cc1cnc[nH]1)c1cc2ccc(Cl)cc2[nH]1. The number of aromatic nitrogens is 3. The minimum Gasteiger partial charge on any atom is -0.394 e. The predicted molar refractivity (Wildman–Crippen MR) is 83.9 cm³/mol. The van der Waals surface area contributed by atoms with Crippen LogP contribution in [-0.2, 0) is 6.42 Å². The molecule has 3 aromatic rings. The molecule has 0 bridgehead atoms. The van der Waals surface area contributed by atoms with Crippen LogP contribution in [-0.4, -0.2) is 38.6 Å². The summed E-state index contributed by atoms with van der Waals surface area (Å²) in [5, 5.41) is 13.7. The lowest BCUT2D eigenvalue weighted by Gasteiger charge is -2.14. The molecule has 0 radical (unpaired) electrons. The van der Waals surface area contributed by atoms with Crippen LogP contribution in [0.4, 0.5) is 0 Å². The molecule has 7 heteroatoms. The van der Waals surface area contributed by atoms with Gasteiger partial charge >= 0.3 is 0 Å². The second kappa shape index (κ2) is 6.21. The molecule has 0 fully saturated rings. The first kappa shape index (κ1) is 14.6. The van der Waals surface area contributed by atoms with Gasteiger partial charge in [-0.3, -0.25) is 4.79 Å². The molecule has 2 heterocycles. The second-order valence-electron chi connectivity index (χ2n) is 5.05. The van der Waals surface area contributed by atoms with Gasteiger partial charge in [-0.2, -0.15) is 0 Å². The Morgan fingerprint density at radius 3 is 3.00 bits per heavy atom. The molecule has 0 saturated carbocycles. The Morgan fingerprint density at radius 1 is 1.41 bits per heavy atom. The van der Waals surface area contributed by atoms with Crippen molar-refractivity contribution in [1.82, 2.24) is 20.3 Å². The van der Waals surface area contributed by atoms with Crippen molar-refractivity contribution in [2.45, 2.75) is 12.5 Å². The summed E-state index contributed by atoms with van der Waals surface area (Å²) in [6.07, 6.45) is 3.71. The lowest BCUT2D eigenvalue weighted by atomic mass is 10.1. The van der Waals surface area contributed by atoms with Gasteiger partial charge in [0.1, 0.15) is 5.69 Å². The van der Waals surface area contributed by atoms with Crippen molar-refractivity contribution in [3.8, 4) is 0 Å². The molecule has 114 valence electrons. The van der Waals surface area contributed by atoms with Crippen molar-refractivity contribution >= 4 is 28.4 Å². The van der Waals surface area contributed by atoms with E-state index in [1.54, 1.807) is 30.7 Å². The molecule has 3 rings (SSSR count). The minimum atomic E-state index is -0.386. The van der Waals surface area contributed by atoms with Gasteiger partial charge in [-0.1, -0.05) is 17.7 Å². The van der Waals surface area contributed by atoms with Crippen molar-refractivity contribution < 1.29 is 9.90 Å². The number of H-pyrrole nitrogens is 2. The molecule has 0 aliphatic carbocycles. The minimum absolute atomic E-state index is 0.156. The molecular weight excluding hydrogens is 304 g/mol. The van der Waals surface area contributed by atoms with Crippen molar-refractivity contribution in [2.75, 3.05) is 6.61 Å². The molecule has 0 saturated heterocycles. The van der Waals surface area contributed by atoms with Crippen LogP contribution in [0.2, 0.25) is 5.02 Å². The average Bonchev–Trinajstić information content (AvgIpc) is 3.14. The lowest BCUT2D eigenvalue weighted by Crippen LogP contribution is -2.39. The van der Waals surface area contributed by atoms with E-state index in [1.807, 2.05) is 6.07 Å². The number of fused-ring (bicyclic) bond motifs is 1. The van der Waals surface area contributed by atoms with Crippen molar-refractivity contribution in [2.24, 2.45) is 0 Å². The fourth-order valence-corrected chi connectivity index (χ4v) is 2.48. The molecule has 2 aromatic heterocycles. The number of imidazole rings is 1. The van der Waals surface area contributed by atoms with Gasteiger partial charge in [0, 0.05) is 34.2 Å². The summed E-state index contributed by atoms with van der Waals surface area (Å²) < 4.78 is 0. The Balaban J connectivity index is 1.73. The number of carbonyl (C=O) groups is 1. The fourth-order valence-electron chi connectivity index (χ4n) is 2.31. The van der Waals surface area contributed by atoms with Crippen LogP contribution in [0.15, 0.2) is 36.8 Å². The van der Waals surface area contributed by atoms with Crippen molar-refractivity contribution in [3.05, 3.63) is 53.2 Å². The second-order valence-corrected chi connectivity index (χ2v) is 5.48. The first-order valence-corrected chi connectivity index (χ1v) is 7.21. The maximum absolute atomic E-state index is 12.3. The highest BCUT2D eigenvalue weighted by Crippen LogP contribution is 2.20. The normalized spacial score (nSPS) is 12.5. The summed E-state index contributed by atoms with van der Waals surface area (Å²) in [7, 11) is 0. The zero-order valence-electron chi connectivity index (χ0n) is 11.6.